The minimum atomic E-state index is -0.497. The normalized spacial score (nSPS) is 17.8. The Morgan fingerprint density at radius 2 is 2.10 bits per heavy atom. The number of piperidine rings is 1. The first-order chi connectivity index (χ1) is 14.6. The largest absolute Gasteiger partial charge is 0.387 e. The van der Waals surface area contributed by atoms with Gasteiger partial charge in [0.25, 0.3) is 0 Å². The Morgan fingerprint density at radius 3 is 2.97 bits per heavy atom. The van der Waals surface area contributed by atoms with E-state index in [-0.39, 0.29) is 11.7 Å². The number of carbonyl (C=O) groups is 1. The fourth-order valence-corrected chi connectivity index (χ4v) is 3.89. The number of amidine groups is 1. The van der Waals surface area contributed by atoms with Gasteiger partial charge in [0.05, 0.1) is 5.69 Å². The lowest BCUT2D eigenvalue weighted by Crippen LogP contribution is -2.41. The Balaban J connectivity index is 1.42. The zero-order chi connectivity index (χ0) is 20.9. The van der Waals surface area contributed by atoms with Crippen molar-refractivity contribution < 1.29 is 9.18 Å². The molecule has 1 aromatic heterocycles. The summed E-state index contributed by atoms with van der Waals surface area (Å²) in [6, 6.07) is 13.8. The number of pyridine rings is 1. The molecule has 2 heterocycles. The van der Waals surface area contributed by atoms with E-state index >= 15 is 0 Å². The van der Waals surface area contributed by atoms with Crippen LogP contribution in [0.25, 0.3) is 10.8 Å². The molecule has 7 heteroatoms. The third kappa shape index (κ3) is 4.63. The van der Waals surface area contributed by atoms with Crippen LogP contribution in [-0.4, -0.2) is 34.8 Å². The van der Waals surface area contributed by atoms with Crippen LogP contribution in [0.3, 0.4) is 0 Å². The summed E-state index contributed by atoms with van der Waals surface area (Å²) < 4.78 is 14.0. The van der Waals surface area contributed by atoms with Crippen LogP contribution in [0, 0.1) is 11.7 Å². The van der Waals surface area contributed by atoms with Gasteiger partial charge in [0.1, 0.15) is 11.7 Å². The molecule has 0 bridgehead atoms. The lowest BCUT2D eigenvalue weighted by Gasteiger charge is -2.32. The highest BCUT2D eigenvalue weighted by atomic mass is 19.1. The van der Waals surface area contributed by atoms with Gasteiger partial charge < -0.3 is 11.1 Å². The number of aromatic nitrogens is 1. The van der Waals surface area contributed by atoms with Crippen LogP contribution in [0.2, 0.25) is 0 Å². The average molecular weight is 405 g/mol. The lowest BCUT2D eigenvalue weighted by atomic mass is 9.96. The third-order valence-electron chi connectivity index (χ3n) is 5.43. The van der Waals surface area contributed by atoms with Crippen molar-refractivity contribution in [2.24, 2.45) is 16.6 Å². The van der Waals surface area contributed by atoms with Crippen LogP contribution >= 0.6 is 0 Å². The van der Waals surface area contributed by atoms with E-state index in [0.717, 1.165) is 30.2 Å². The van der Waals surface area contributed by atoms with Crippen LogP contribution in [0.4, 0.5) is 14.9 Å². The second-order valence-electron chi connectivity index (χ2n) is 7.53. The van der Waals surface area contributed by atoms with Gasteiger partial charge in [-0.3, -0.25) is 9.88 Å². The molecule has 1 unspecified atom stereocenters. The van der Waals surface area contributed by atoms with E-state index in [9.17, 15) is 9.18 Å². The number of nitrogens with zero attached hydrogens (tertiary/aromatic N) is 3. The van der Waals surface area contributed by atoms with Crippen molar-refractivity contribution in [1.29, 1.82) is 0 Å². The number of hydrogen-bond acceptors (Lipinski definition) is 3. The SMILES string of the molecule is N/C(=N\C(=O)Nc1cccc2cnccc12)C1CCCN(Cc2ccccc2F)C1. The van der Waals surface area contributed by atoms with E-state index in [2.05, 4.69) is 20.2 Å². The molecule has 1 fully saturated rings. The number of rotatable bonds is 4. The van der Waals surface area contributed by atoms with E-state index < -0.39 is 6.03 Å². The summed E-state index contributed by atoms with van der Waals surface area (Å²) in [4.78, 5) is 22.8. The Kier molecular flexibility index (Phi) is 5.99. The van der Waals surface area contributed by atoms with Gasteiger partial charge in [-0.1, -0.05) is 30.3 Å². The van der Waals surface area contributed by atoms with Gasteiger partial charge in [-0.2, -0.15) is 4.99 Å². The van der Waals surface area contributed by atoms with Crippen molar-refractivity contribution in [1.82, 2.24) is 9.88 Å². The van der Waals surface area contributed by atoms with Gasteiger partial charge in [0.15, 0.2) is 0 Å². The second-order valence-corrected chi connectivity index (χ2v) is 7.53. The van der Waals surface area contributed by atoms with Crippen LogP contribution in [0.5, 0.6) is 0 Å². The monoisotopic (exact) mass is 405 g/mol. The molecule has 2 amide bonds. The fourth-order valence-electron chi connectivity index (χ4n) is 3.89. The Hall–Kier alpha value is -3.32. The Morgan fingerprint density at radius 1 is 1.23 bits per heavy atom. The third-order valence-corrected chi connectivity index (χ3v) is 5.43. The fraction of sp³-hybridized carbons (Fsp3) is 0.261. The summed E-state index contributed by atoms with van der Waals surface area (Å²) >= 11 is 0. The number of fused-ring (bicyclic) bond motifs is 1. The molecule has 1 atom stereocenters. The number of likely N-dealkylation sites (tertiary alicyclic amines) is 1. The van der Waals surface area contributed by atoms with Gasteiger partial charge in [-0.05, 0) is 37.6 Å². The molecule has 0 aliphatic carbocycles. The van der Waals surface area contributed by atoms with Gasteiger partial charge >= 0.3 is 6.03 Å². The van der Waals surface area contributed by atoms with Crippen LogP contribution in [0.15, 0.2) is 65.9 Å². The summed E-state index contributed by atoms with van der Waals surface area (Å²) in [5.41, 5.74) is 7.51. The molecule has 0 spiro atoms. The van der Waals surface area contributed by atoms with Crippen molar-refractivity contribution in [3.05, 3.63) is 72.3 Å². The molecule has 0 saturated carbocycles. The minimum Gasteiger partial charge on any atom is -0.387 e. The molecule has 1 saturated heterocycles. The number of halogens is 1. The molecule has 3 aromatic rings. The van der Waals surface area contributed by atoms with E-state index in [1.165, 1.54) is 6.07 Å². The van der Waals surface area contributed by atoms with Crippen molar-refractivity contribution in [3.63, 3.8) is 0 Å². The maximum atomic E-state index is 14.0. The van der Waals surface area contributed by atoms with Crippen LogP contribution < -0.4 is 11.1 Å². The standard InChI is InChI=1S/C23H24FN5O/c24-20-8-2-1-5-17(20)14-29-12-4-7-18(15-29)22(25)28-23(30)27-21-9-3-6-16-13-26-11-10-19(16)21/h1-3,5-6,8-11,13,18H,4,7,12,14-15H2,(H3,25,27,28,30). The van der Waals surface area contributed by atoms with E-state index in [0.29, 0.717) is 30.2 Å². The van der Waals surface area contributed by atoms with Gasteiger partial charge in [0, 0.05) is 47.7 Å². The first-order valence-electron chi connectivity index (χ1n) is 10.0. The molecule has 1 aliphatic heterocycles. The molecule has 1 aliphatic rings. The van der Waals surface area contributed by atoms with Gasteiger partial charge in [-0.25, -0.2) is 9.18 Å². The van der Waals surface area contributed by atoms with Crippen molar-refractivity contribution in [3.8, 4) is 0 Å². The predicted molar refractivity (Wildman–Crippen MR) is 117 cm³/mol. The molecular weight excluding hydrogens is 381 g/mol. The Labute approximate surface area is 174 Å². The summed E-state index contributed by atoms with van der Waals surface area (Å²) in [5, 5.41) is 4.64. The summed E-state index contributed by atoms with van der Waals surface area (Å²) in [6.45, 7) is 2.04. The highest BCUT2D eigenvalue weighted by molar-refractivity contribution is 6.05. The molecule has 6 nitrogen and oxygen atoms in total. The van der Waals surface area contributed by atoms with Gasteiger partial charge in [-0.15, -0.1) is 0 Å². The second kappa shape index (κ2) is 9.00. The maximum Gasteiger partial charge on any atom is 0.347 e. The van der Waals surface area contributed by atoms with E-state index in [1.807, 2.05) is 30.3 Å². The molecule has 30 heavy (non-hydrogen) atoms. The number of nitrogens with one attached hydrogen (secondary N) is 1. The highest BCUT2D eigenvalue weighted by Gasteiger charge is 2.24. The zero-order valence-corrected chi connectivity index (χ0v) is 16.6. The molecule has 154 valence electrons. The lowest BCUT2D eigenvalue weighted by molar-refractivity contribution is 0.194. The molecular formula is C23H24FN5O. The molecule has 4 rings (SSSR count). The highest BCUT2D eigenvalue weighted by Crippen LogP contribution is 2.23. The average Bonchev–Trinajstić information content (AvgIpc) is 2.76. The van der Waals surface area contributed by atoms with E-state index in [1.54, 1.807) is 24.5 Å². The molecule has 2 aromatic carbocycles. The van der Waals surface area contributed by atoms with Crippen molar-refractivity contribution in [2.75, 3.05) is 18.4 Å². The van der Waals surface area contributed by atoms with Gasteiger partial charge in [0.2, 0.25) is 0 Å². The number of amides is 2. The number of hydrogen-bond donors (Lipinski definition) is 2. The topological polar surface area (TPSA) is 83.6 Å². The quantitative estimate of drug-likeness (QED) is 0.504. The number of urea groups is 1. The Bertz CT molecular complexity index is 1080. The van der Waals surface area contributed by atoms with Crippen molar-refractivity contribution >= 4 is 28.3 Å². The summed E-state index contributed by atoms with van der Waals surface area (Å²) in [6.07, 6.45) is 5.21. The first-order valence-corrected chi connectivity index (χ1v) is 10.0. The number of benzene rings is 2. The number of anilines is 1. The zero-order valence-electron chi connectivity index (χ0n) is 16.6. The van der Waals surface area contributed by atoms with Crippen LogP contribution in [0.1, 0.15) is 18.4 Å². The maximum absolute atomic E-state index is 14.0. The minimum absolute atomic E-state index is 0.0343. The molecule has 3 N–H and O–H groups in total. The number of carbonyl (C=O) groups excluding carboxylic acids is 1. The van der Waals surface area contributed by atoms with E-state index in [4.69, 9.17) is 5.73 Å². The summed E-state index contributed by atoms with van der Waals surface area (Å²) in [5.74, 6) is 0.0755. The van der Waals surface area contributed by atoms with Crippen LogP contribution in [-0.2, 0) is 6.54 Å². The smallest absolute Gasteiger partial charge is 0.347 e. The summed E-state index contributed by atoms with van der Waals surface area (Å²) in [7, 11) is 0. The predicted octanol–water partition coefficient (Wildman–Crippen LogP) is 4.18. The van der Waals surface area contributed by atoms with Crippen molar-refractivity contribution in [2.45, 2.75) is 19.4 Å². The molecule has 0 radical (unpaired) electrons. The number of nitrogens with two attached hydrogens (primary N) is 1. The first kappa shape index (κ1) is 20.0. The number of aliphatic imine (C=N–C) groups is 1.